The van der Waals surface area contributed by atoms with Crippen molar-refractivity contribution in [2.24, 2.45) is 0 Å². The van der Waals surface area contributed by atoms with Crippen molar-refractivity contribution in [3.05, 3.63) is 59.2 Å². The highest BCUT2D eigenvalue weighted by molar-refractivity contribution is 7.90. The van der Waals surface area contributed by atoms with Gasteiger partial charge in [0.25, 0.3) is 15.9 Å². The summed E-state index contributed by atoms with van der Waals surface area (Å²) in [4.78, 5) is 24.3. The number of aryl methyl sites for hydroxylation is 2. The van der Waals surface area contributed by atoms with Crippen LogP contribution in [-0.4, -0.2) is 44.2 Å². The van der Waals surface area contributed by atoms with E-state index in [1.165, 1.54) is 12.1 Å². The van der Waals surface area contributed by atoms with Crippen molar-refractivity contribution in [2.45, 2.75) is 25.2 Å². The first-order valence-corrected chi connectivity index (χ1v) is 10.4. The van der Waals surface area contributed by atoms with Crippen molar-refractivity contribution in [3.8, 4) is 5.75 Å². The minimum Gasteiger partial charge on any atom is -0.492 e. The number of carbonyl (C=O) groups is 2. The number of nitrogens with one attached hydrogen (secondary N) is 1. The number of hydrogen-bond acceptors (Lipinski definition) is 5. The smallest absolute Gasteiger partial charge is 0.269 e. The second kappa shape index (κ2) is 8.02. The van der Waals surface area contributed by atoms with Crippen molar-refractivity contribution in [1.29, 1.82) is 0 Å². The molecule has 2 aromatic carbocycles. The van der Waals surface area contributed by atoms with E-state index < -0.39 is 15.9 Å². The Kier molecular flexibility index (Phi) is 5.69. The Balaban J connectivity index is 1.47. The number of nitrogens with zero attached hydrogens (tertiary/aromatic N) is 1. The molecule has 0 saturated heterocycles. The SMILES string of the molecule is Cc1cc(C)cc(OCCNC(=O)CCN2C(=O)c3ccccc3S2(=O)=O)c1. The van der Waals surface area contributed by atoms with Gasteiger partial charge in [-0.25, -0.2) is 12.7 Å². The van der Waals surface area contributed by atoms with Gasteiger partial charge in [-0.1, -0.05) is 18.2 Å². The average Bonchev–Trinajstić information content (AvgIpc) is 2.83. The summed E-state index contributed by atoms with van der Waals surface area (Å²) >= 11 is 0. The molecule has 8 heteroatoms. The maximum atomic E-state index is 12.4. The largest absolute Gasteiger partial charge is 0.492 e. The fourth-order valence-electron chi connectivity index (χ4n) is 3.12. The maximum Gasteiger partial charge on any atom is 0.269 e. The van der Waals surface area contributed by atoms with Gasteiger partial charge in [0.05, 0.1) is 12.1 Å². The molecule has 28 heavy (non-hydrogen) atoms. The van der Waals surface area contributed by atoms with Gasteiger partial charge in [-0.05, 0) is 49.2 Å². The number of carbonyl (C=O) groups excluding carboxylic acids is 2. The highest BCUT2D eigenvalue weighted by Gasteiger charge is 2.40. The minimum atomic E-state index is -3.88. The van der Waals surface area contributed by atoms with Crippen molar-refractivity contribution >= 4 is 21.8 Å². The van der Waals surface area contributed by atoms with Gasteiger partial charge in [-0.3, -0.25) is 9.59 Å². The summed E-state index contributed by atoms with van der Waals surface area (Å²) in [6, 6.07) is 11.9. The van der Waals surface area contributed by atoms with Crippen LogP contribution in [0.2, 0.25) is 0 Å². The van der Waals surface area contributed by atoms with Gasteiger partial charge in [-0.15, -0.1) is 0 Å². The number of hydrogen-bond donors (Lipinski definition) is 1. The normalized spacial score (nSPS) is 14.6. The Bertz CT molecular complexity index is 997. The van der Waals surface area contributed by atoms with Gasteiger partial charge in [0.15, 0.2) is 0 Å². The highest BCUT2D eigenvalue weighted by Crippen LogP contribution is 2.29. The Hall–Kier alpha value is -2.87. The van der Waals surface area contributed by atoms with Gasteiger partial charge < -0.3 is 10.1 Å². The molecule has 0 aliphatic carbocycles. The van der Waals surface area contributed by atoms with Crippen LogP contribution >= 0.6 is 0 Å². The maximum absolute atomic E-state index is 12.4. The van der Waals surface area contributed by atoms with Crippen molar-refractivity contribution in [2.75, 3.05) is 19.7 Å². The third-order valence-corrected chi connectivity index (χ3v) is 6.18. The molecule has 0 radical (unpaired) electrons. The minimum absolute atomic E-state index is 0.0118. The second-order valence-corrected chi connectivity index (χ2v) is 8.48. The summed E-state index contributed by atoms with van der Waals surface area (Å²) in [5.41, 5.74) is 2.33. The lowest BCUT2D eigenvalue weighted by molar-refractivity contribution is -0.121. The van der Waals surface area contributed by atoms with Gasteiger partial charge in [0, 0.05) is 13.0 Å². The van der Waals surface area contributed by atoms with Gasteiger partial charge in [0.2, 0.25) is 5.91 Å². The number of fused-ring (bicyclic) bond motifs is 1. The number of benzene rings is 2. The Morgan fingerprint density at radius 3 is 2.46 bits per heavy atom. The van der Waals surface area contributed by atoms with E-state index in [1.54, 1.807) is 12.1 Å². The topological polar surface area (TPSA) is 92.8 Å². The molecule has 0 aromatic heterocycles. The first-order chi connectivity index (χ1) is 13.3. The van der Waals surface area contributed by atoms with Gasteiger partial charge in [0.1, 0.15) is 17.3 Å². The molecule has 1 N–H and O–H groups in total. The Morgan fingerprint density at radius 1 is 1.11 bits per heavy atom. The van der Waals surface area contributed by atoms with E-state index in [2.05, 4.69) is 5.32 Å². The first kappa shape index (κ1) is 19.9. The number of ether oxygens (including phenoxy) is 1. The van der Waals surface area contributed by atoms with Gasteiger partial charge in [-0.2, -0.15) is 0 Å². The zero-order valence-corrected chi connectivity index (χ0v) is 16.6. The van der Waals surface area contributed by atoms with E-state index in [9.17, 15) is 18.0 Å². The third-order valence-electron chi connectivity index (χ3n) is 4.34. The molecule has 2 aromatic rings. The lowest BCUT2D eigenvalue weighted by Gasteiger charge is -2.15. The lowest BCUT2D eigenvalue weighted by atomic mass is 10.1. The molecule has 0 atom stereocenters. The van der Waals surface area contributed by atoms with E-state index in [1.807, 2.05) is 32.0 Å². The summed E-state index contributed by atoms with van der Waals surface area (Å²) in [5, 5.41) is 2.67. The van der Waals surface area contributed by atoms with Crippen molar-refractivity contribution < 1.29 is 22.7 Å². The zero-order chi connectivity index (χ0) is 20.3. The number of rotatable bonds is 7. The second-order valence-electron chi connectivity index (χ2n) is 6.65. The van der Waals surface area contributed by atoms with Crippen LogP contribution in [-0.2, 0) is 14.8 Å². The monoisotopic (exact) mass is 402 g/mol. The standard InChI is InChI=1S/C20H22N2O5S/c1-14-11-15(2)13-16(12-14)27-10-8-21-19(23)7-9-22-20(24)17-5-3-4-6-18(17)28(22,25)26/h3-6,11-13H,7-10H2,1-2H3,(H,21,23). The van der Waals surface area contributed by atoms with Crippen LogP contribution in [0.15, 0.2) is 47.4 Å². The molecule has 2 amide bonds. The fourth-order valence-corrected chi connectivity index (χ4v) is 4.69. The molecule has 0 unspecified atom stereocenters. The fraction of sp³-hybridized carbons (Fsp3) is 0.300. The quantitative estimate of drug-likeness (QED) is 0.716. The molecule has 1 aliphatic rings. The van der Waals surface area contributed by atoms with Crippen molar-refractivity contribution in [1.82, 2.24) is 9.62 Å². The summed E-state index contributed by atoms with van der Waals surface area (Å²) in [6.07, 6.45) is -0.109. The number of sulfonamides is 1. The van der Waals surface area contributed by atoms with Crippen LogP contribution < -0.4 is 10.1 Å². The van der Waals surface area contributed by atoms with E-state index in [0.29, 0.717) is 6.61 Å². The number of amides is 2. The Morgan fingerprint density at radius 2 is 1.79 bits per heavy atom. The van der Waals surface area contributed by atoms with Crippen LogP contribution in [0.4, 0.5) is 0 Å². The van der Waals surface area contributed by atoms with Gasteiger partial charge >= 0.3 is 0 Å². The zero-order valence-electron chi connectivity index (χ0n) is 15.8. The van der Waals surface area contributed by atoms with E-state index in [0.717, 1.165) is 21.2 Å². The predicted molar refractivity (Wildman–Crippen MR) is 104 cm³/mol. The van der Waals surface area contributed by atoms with Crippen LogP contribution in [0.25, 0.3) is 0 Å². The van der Waals surface area contributed by atoms with Crippen molar-refractivity contribution in [3.63, 3.8) is 0 Å². The molecule has 0 spiro atoms. The molecule has 1 heterocycles. The summed E-state index contributed by atoms with van der Waals surface area (Å²) in [6.45, 7) is 4.34. The predicted octanol–water partition coefficient (Wildman–Crippen LogP) is 2.03. The van der Waals surface area contributed by atoms with E-state index in [-0.39, 0.29) is 35.9 Å². The van der Waals surface area contributed by atoms with Crippen LogP contribution in [0.1, 0.15) is 27.9 Å². The summed E-state index contributed by atoms with van der Waals surface area (Å²) in [5.74, 6) is -0.206. The molecule has 1 aliphatic heterocycles. The van der Waals surface area contributed by atoms with Crippen LogP contribution in [0, 0.1) is 13.8 Å². The average molecular weight is 402 g/mol. The molecule has 148 valence electrons. The lowest BCUT2D eigenvalue weighted by Crippen LogP contribution is -2.35. The first-order valence-electron chi connectivity index (χ1n) is 8.93. The molecule has 3 rings (SSSR count). The molecular formula is C20H22N2O5S. The summed E-state index contributed by atoms with van der Waals surface area (Å²) < 4.78 is 31.2. The molecule has 7 nitrogen and oxygen atoms in total. The molecular weight excluding hydrogens is 380 g/mol. The molecule has 0 bridgehead atoms. The third kappa shape index (κ3) is 4.17. The van der Waals surface area contributed by atoms with E-state index in [4.69, 9.17) is 4.74 Å². The van der Waals surface area contributed by atoms with Crippen LogP contribution in [0.5, 0.6) is 5.75 Å². The van der Waals surface area contributed by atoms with Crippen LogP contribution in [0.3, 0.4) is 0 Å². The molecule has 0 fully saturated rings. The summed E-state index contributed by atoms with van der Waals surface area (Å²) in [7, 11) is -3.88. The molecule has 0 saturated carbocycles. The Labute approximate surface area is 164 Å². The highest BCUT2D eigenvalue weighted by atomic mass is 32.2. The van der Waals surface area contributed by atoms with E-state index >= 15 is 0 Å².